The van der Waals surface area contributed by atoms with Crippen molar-refractivity contribution in [1.82, 2.24) is 4.90 Å². The number of likely N-dealkylation sites (N-methyl/N-ethyl adjacent to an activating group) is 1. The fraction of sp³-hybridized carbons (Fsp3) is 0.692. The van der Waals surface area contributed by atoms with Crippen molar-refractivity contribution >= 4 is 27.3 Å². The van der Waals surface area contributed by atoms with Gasteiger partial charge in [0, 0.05) is 26.8 Å². The normalized spacial score (nSPS) is 17.1. The summed E-state index contributed by atoms with van der Waals surface area (Å²) >= 11 is 5.30. The van der Waals surface area contributed by atoms with Crippen LogP contribution < -0.4 is 5.73 Å². The average molecular weight is 319 g/mol. The maximum atomic E-state index is 6.16. The molecule has 0 radical (unpaired) electrons. The van der Waals surface area contributed by atoms with Gasteiger partial charge < -0.3 is 5.73 Å². The molecule has 0 fully saturated rings. The van der Waals surface area contributed by atoms with E-state index >= 15 is 0 Å². The van der Waals surface area contributed by atoms with Crippen molar-refractivity contribution in [3.05, 3.63) is 20.8 Å². The van der Waals surface area contributed by atoms with Crippen molar-refractivity contribution in [1.29, 1.82) is 0 Å². The van der Waals surface area contributed by atoms with Gasteiger partial charge in [0.05, 0.1) is 6.04 Å². The van der Waals surface area contributed by atoms with Crippen LogP contribution in [0.5, 0.6) is 0 Å². The number of nitrogens with zero attached hydrogens (tertiary/aromatic N) is 1. The highest BCUT2D eigenvalue weighted by molar-refractivity contribution is 9.10. The van der Waals surface area contributed by atoms with E-state index in [1.165, 1.54) is 17.7 Å². The number of thiophene rings is 1. The van der Waals surface area contributed by atoms with E-state index in [1.54, 1.807) is 11.3 Å². The molecule has 4 heteroatoms. The first kappa shape index (κ1) is 15.2. The molecule has 0 aromatic carbocycles. The van der Waals surface area contributed by atoms with Gasteiger partial charge in [-0.15, -0.1) is 11.3 Å². The van der Waals surface area contributed by atoms with Crippen molar-refractivity contribution in [2.24, 2.45) is 5.73 Å². The zero-order valence-corrected chi connectivity index (χ0v) is 13.5. The zero-order chi connectivity index (χ0) is 13.0. The first-order valence-corrected chi connectivity index (χ1v) is 7.86. The summed E-state index contributed by atoms with van der Waals surface area (Å²) in [4.78, 5) is 3.75. The van der Waals surface area contributed by atoms with E-state index in [9.17, 15) is 0 Å². The van der Waals surface area contributed by atoms with Crippen LogP contribution in [0, 0.1) is 0 Å². The molecule has 0 bridgehead atoms. The highest BCUT2D eigenvalue weighted by Gasteiger charge is 2.25. The summed E-state index contributed by atoms with van der Waals surface area (Å²) in [7, 11) is 2.18. The van der Waals surface area contributed by atoms with Crippen molar-refractivity contribution in [2.45, 2.75) is 51.7 Å². The second kappa shape index (κ2) is 6.88. The molecule has 1 aromatic heterocycles. The Morgan fingerprint density at radius 2 is 2.12 bits per heavy atom. The van der Waals surface area contributed by atoms with Crippen LogP contribution in [0.3, 0.4) is 0 Å². The Bertz CT molecular complexity index is 338. The largest absolute Gasteiger partial charge is 0.326 e. The fourth-order valence-corrected chi connectivity index (χ4v) is 3.92. The van der Waals surface area contributed by atoms with Crippen LogP contribution >= 0.6 is 27.3 Å². The van der Waals surface area contributed by atoms with Gasteiger partial charge in [0.15, 0.2) is 0 Å². The second-order valence-electron chi connectivity index (χ2n) is 4.77. The first-order valence-electron chi connectivity index (χ1n) is 6.18. The summed E-state index contributed by atoms with van der Waals surface area (Å²) in [5.41, 5.74) is 6.16. The number of hydrogen-bond donors (Lipinski definition) is 1. The smallest absolute Gasteiger partial charge is 0.0590 e. The summed E-state index contributed by atoms with van der Waals surface area (Å²) in [5.74, 6) is 0. The van der Waals surface area contributed by atoms with Gasteiger partial charge in [-0.2, -0.15) is 0 Å². The van der Waals surface area contributed by atoms with Gasteiger partial charge in [0.1, 0.15) is 0 Å². The Balaban J connectivity index is 2.86. The Morgan fingerprint density at radius 3 is 2.53 bits per heavy atom. The number of rotatable bonds is 6. The second-order valence-corrected chi connectivity index (χ2v) is 6.63. The van der Waals surface area contributed by atoms with Crippen LogP contribution in [0.4, 0.5) is 0 Å². The lowest BCUT2D eigenvalue weighted by Crippen LogP contribution is -2.41. The molecule has 1 aromatic rings. The van der Waals surface area contributed by atoms with Gasteiger partial charge in [0.25, 0.3) is 0 Å². The van der Waals surface area contributed by atoms with Crippen molar-refractivity contribution in [3.63, 3.8) is 0 Å². The molecule has 2 N–H and O–H groups in total. The van der Waals surface area contributed by atoms with Crippen molar-refractivity contribution in [2.75, 3.05) is 7.05 Å². The van der Waals surface area contributed by atoms with E-state index in [-0.39, 0.29) is 6.04 Å². The van der Waals surface area contributed by atoms with Crippen LogP contribution in [0.15, 0.2) is 15.9 Å². The van der Waals surface area contributed by atoms with Crippen LogP contribution in [0.25, 0.3) is 0 Å². The molecule has 98 valence electrons. The third-order valence-corrected chi connectivity index (χ3v) is 4.98. The Kier molecular flexibility index (Phi) is 6.13. The maximum absolute atomic E-state index is 6.16. The predicted molar refractivity (Wildman–Crippen MR) is 80.5 cm³/mol. The quantitative estimate of drug-likeness (QED) is 0.858. The maximum Gasteiger partial charge on any atom is 0.0590 e. The minimum Gasteiger partial charge on any atom is -0.326 e. The van der Waals surface area contributed by atoms with E-state index < -0.39 is 0 Å². The molecule has 3 atom stereocenters. The highest BCUT2D eigenvalue weighted by Crippen LogP contribution is 2.32. The topological polar surface area (TPSA) is 29.3 Å². The molecule has 0 saturated heterocycles. The summed E-state index contributed by atoms with van der Waals surface area (Å²) in [6, 6.07) is 3.21. The lowest BCUT2D eigenvalue weighted by Gasteiger charge is -2.35. The third kappa shape index (κ3) is 4.05. The number of hydrogen-bond acceptors (Lipinski definition) is 3. The molecule has 1 rings (SSSR count). The molecule has 1 heterocycles. The zero-order valence-electron chi connectivity index (χ0n) is 11.1. The van der Waals surface area contributed by atoms with E-state index in [0.717, 1.165) is 4.47 Å². The van der Waals surface area contributed by atoms with Gasteiger partial charge in [-0.3, -0.25) is 4.90 Å². The average Bonchev–Trinajstić information content (AvgIpc) is 2.64. The molecule has 0 aliphatic rings. The molecule has 0 amide bonds. The van der Waals surface area contributed by atoms with Crippen LogP contribution in [-0.2, 0) is 0 Å². The van der Waals surface area contributed by atoms with Gasteiger partial charge in [-0.1, -0.05) is 13.3 Å². The number of halogens is 1. The molecule has 17 heavy (non-hydrogen) atoms. The minimum absolute atomic E-state index is 0.143. The standard InChI is InChI=1S/C13H23BrN2S/c1-5-6-9(2)16(4)13(10(3)15)12-7-11(14)8-17-12/h7-10,13H,5-6,15H2,1-4H3. The van der Waals surface area contributed by atoms with Crippen LogP contribution in [-0.4, -0.2) is 24.0 Å². The summed E-state index contributed by atoms with van der Waals surface area (Å²) in [6.07, 6.45) is 2.43. The fourth-order valence-electron chi connectivity index (χ4n) is 2.21. The Morgan fingerprint density at radius 1 is 1.47 bits per heavy atom. The molecule has 2 nitrogen and oxygen atoms in total. The van der Waals surface area contributed by atoms with E-state index in [0.29, 0.717) is 12.1 Å². The molecule has 0 spiro atoms. The molecular weight excluding hydrogens is 296 g/mol. The summed E-state index contributed by atoms with van der Waals surface area (Å²) in [5, 5.41) is 2.13. The highest BCUT2D eigenvalue weighted by atomic mass is 79.9. The van der Waals surface area contributed by atoms with Crippen molar-refractivity contribution in [3.8, 4) is 0 Å². The van der Waals surface area contributed by atoms with Gasteiger partial charge >= 0.3 is 0 Å². The molecule has 3 unspecified atom stereocenters. The summed E-state index contributed by atoms with van der Waals surface area (Å²) < 4.78 is 1.15. The molecule has 0 aliphatic carbocycles. The molecular formula is C13H23BrN2S. The lowest BCUT2D eigenvalue weighted by molar-refractivity contribution is 0.160. The Hall–Kier alpha value is 0.1000. The first-order chi connectivity index (χ1) is 7.97. The Labute approximate surface area is 117 Å². The SMILES string of the molecule is CCCC(C)N(C)C(c1cc(Br)cs1)C(C)N. The van der Waals surface area contributed by atoms with Crippen molar-refractivity contribution < 1.29 is 0 Å². The lowest BCUT2D eigenvalue weighted by atomic mass is 10.0. The van der Waals surface area contributed by atoms with E-state index in [2.05, 4.69) is 60.1 Å². The minimum atomic E-state index is 0.143. The monoisotopic (exact) mass is 318 g/mol. The van der Waals surface area contributed by atoms with Gasteiger partial charge in [-0.05, 0) is 49.3 Å². The number of nitrogens with two attached hydrogens (primary N) is 1. The molecule has 0 saturated carbocycles. The molecule has 0 aliphatic heterocycles. The predicted octanol–water partition coefficient (Wildman–Crippen LogP) is 4.02. The van der Waals surface area contributed by atoms with E-state index in [1.807, 2.05) is 0 Å². The van der Waals surface area contributed by atoms with Gasteiger partial charge in [-0.25, -0.2) is 0 Å². The van der Waals surface area contributed by atoms with Crippen LogP contribution in [0.2, 0.25) is 0 Å². The third-order valence-electron chi connectivity index (χ3n) is 3.22. The van der Waals surface area contributed by atoms with E-state index in [4.69, 9.17) is 5.73 Å². The summed E-state index contributed by atoms with van der Waals surface area (Å²) in [6.45, 7) is 6.60. The van der Waals surface area contributed by atoms with Crippen LogP contribution in [0.1, 0.15) is 44.5 Å². The van der Waals surface area contributed by atoms with Gasteiger partial charge in [0.2, 0.25) is 0 Å².